The van der Waals surface area contributed by atoms with E-state index in [1.165, 1.54) is 28.6 Å². The van der Waals surface area contributed by atoms with E-state index in [1.807, 2.05) is 0 Å². The number of hydrogen-bond acceptors (Lipinski definition) is 7. The number of carbonyl (C=O) groups excluding carboxylic acids is 1. The molecule has 0 spiro atoms. The number of nitrogens with zero attached hydrogens (tertiary/aromatic N) is 4. The van der Waals surface area contributed by atoms with Gasteiger partial charge in [0.1, 0.15) is 5.69 Å². The molecular formula is C18H19N5O4S. The molecule has 1 amide bonds. The van der Waals surface area contributed by atoms with Crippen molar-refractivity contribution < 1.29 is 17.6 Å². The maximum absolute atomic E-state index is 12.5. The summed E-state index contributed by atoms with van der Waals surface area (Å²) in [5.41, 5.74) is 0.748. The van der Waals surface area contributed by atoms with E-state index in [0.717, 1.165) is 0 Å². The number of benzene rings is 1. The highest BCUT2D eigenvalue weighted by atomic mass is 32.2. The van der Waals surface area contributed by atoms with Crippen LogP contribution >= 0.6 is 0 Å². The number of sulfonamides is 1. The standard InChI is InChI=1S/C18H19N5O4S/c1-3-23(4-2)28(25,26)14-10-8-13(9-11-14)16(24)20-18-22-21-17(27-18)15-7-5-6-12-19-15/h5-12H,3-4H2,1-2H3,(H,20,22,24). The van der Waals surface area contributed by atoms with Crippen molar-refractivity contribution in [3.05, 3.63) is 54.2 Å². The van der Waals surface area contributed by atoms with Crippen molar-refractivity contribution >= 4 is 21.9 Å². The third-order valence-electron chi connectivity index (χ3n) is 3.99. The van der Waals surface area contributed by atoms with Gasteiger partial charge in [-0.2, -0.15) is 4.31 Å². The van der Waals surface area contributed by atoms with Crippen molar-refractivity contribution in [1.29, 1.82) is 0 Å². The molecule has 0 radical (unpaired) electrons. The number of carbonyl (C=O) groups is 1. The van der Waals surface area contributed by atoms with E-state index in [-0.39, 0.29) is 22.4 Å². The Balaban J connectivity index is 1.73. The van der Waals surface area contributed by atoms with Crippen molar-refractivity contribution in [3.8, 4) is 11.6 Å². The van der Waals surface area contributed by atoms with E-state index >= 15 is 0 Å². The van der Waals surface area contributed by atoms with Gasteiger partial charge in [-0.1, -0.05) is 25.0 Å². The van der Waals surface area contributed by atoms with E-state index in [2.05, 4.69) is 20.5 Å². The van der Waals surface area contributed by atoms with Crippen LogP contribution in [-0.2, 0) is 10.0 Å². The van der Waals surface area contributed by atoms with E-state index < -0.39 is 15.9 Å². The van der Waals surface area contributed by atoms with E-state index in [1.54, 1.807) is 38.2 Å². The van der Waals surface area contributed by atoms with Gasteiger partial charge in [-0.25, -0.2) is 8.42 Å². The van der Waals surface area contributed by atoms with Crippen LogP contribution < -0.4 is 5.32 Å². The largest absolute Gasteiger partial charge is 0.401 e. The van der Waals surface area contributed by atoms with Crippen LogP contribution in [0.2, 0.25) is 0 Å². The number of amides is 1. The molecule has 3 rings (SSSR count). The zero-order valence-corrected chi connectivity index (χ0v) is 16.2. The van der Waals surface area contributed by atoms with E-state index in [9.17, 15) is 13.2 Å². The Morgan fingerprint density at radius 1 is 1.07 bits per heavy atom. The van der Waals surface area contributed by atoms with Crippen LogP contribution in [0.4, 0.5) is 6.01 Å². The molecule has 0 fully saturated rings. The predicted octanol–water partition coefficient (Wildman–Crippen LogP) is 2.41. The fourth-order valence-corrected chi connectivity index (χ4v) is 3.98. The molecule has 0 aliphatic carbocycles. The zero-order chi connectivity index (χ0) is 20.1. The van der Waals surface area contributed by atoms with E-state index in [4.69, 9.17) is 4.42 Å². The number of aromatic nitrogens is 3. The molecule has 0 saturated heterocycles. The van der Waals surface area contributed by atoms with Gasteiger partial charge < -0.3 is 4.42 Å². The second-order valence-electron chi connectivity index (χ2n) is 5.70. The summed E-state index contributed by atoms with van der Waals surface area (Å²) in [6.07, 6.45) is 1.59. The third-order valence-corrected chi connectivity index (χ3v) is 6.05. The van der Waals surface area contributed by atoms with E-state index in [0.29, 0.717) is 18.8 Å². The molecule has 9 nitrogen and oxygen atoms in total. The van der Waals surface area contributed by atoms with Gasteiger partial charge in [-0.3, -0.25) is 15.1 Å². The summed E-state index contributed by atoms with van der Waals surface area (Å²) in [6.45, 7) is 4.28. The van der Waals surface area contributed by atoms with Crippen molar-refractivity contribution in [2.75, 3.05) is 18.4 Å². The molecule has 0 atom stereocenters. The Morgan fingerprint density at radius 2 is 1.79 bits per heavy atom. The van der Waals surface area contributed by atoms with Crippen LogP contribution in [0.15, 0.2) is 58.0 Å². The van der Waals surface area contributed by atoms with Crippen LogP contribution in [0, 0.1) is 0 Å². The van der Waals surface area contributed by atoms with Crippen LogP contribution in [0.1, 0.15) is 24.2 Å². The number of pyridine rings is 1. The lowest BCUT2D eigenvalue weighted by molar-refractivity contribution is 0.102. The number of rotatable bonds is 7. The van der Waals surface area contributed by atoms with Gasteiger partial charge in [-0.15, -0.1) is 5.10 Å². The molecule has 2 heterocycles. The minimum Gasteiger partial charge on any atom is -0.401 e. The first kappa shape index (κ1) is 19.6. The van der Waals surface area contributed by atoms with Gasteiger partial charge in [0.05, 0.1) is 4.90 Å². The smallest absolute Gasteiger partial charge is 0.322 e. The monoisotopic (exact) mass is 401 g/mol. The SMILES string of the molecule is CCN(CC)S(=O)(=O)c1ccc(C(=O)Nc2nnc(-c3ccccn3)o2)cc1. The van der Waals surface area contributed by atoms with Crippen molar-refractivity contribution in [3.63, 3.8) is 0 Å². The summed E-state index contributed by atoms with van der Waals surface area (Å²) in [7, 11) is -3.58. The lowest BCUT2D eigenvalue weighted by Gasteiger charge is -2.18. The highest BCUT2D eigenvalue weighted by Gasteiger charge is 2.22. The fourth-order valence-electron chi connectivity index (χ4n) is 2.53. The quantitative estimate of drug-likeness (QED) is 0.646. The highest BCUT2D eigenvalue weighted by Crippen LogP contribution is 2.19. The second-order valence-corrected chi connectivity index (χ2v) is 7.63. The summed E-state index contributed by atoms with van der Waals surface area (Å²) in [5, 5.41) is 10.1. The summed E-state index contributed by atoms with van der Waals surface area (Å²) in [6, 6.07) is 10.8. The van der Waals surface area contributed by atoms with Gasteiger partial charge >= 0.3 is 6.01 Å². The zero-order valence-electron chi connectivity index (χ0n) is 15.4. The number of anilines is 1. The van der Waals surface area contributed by atoms with Crippen LogP contribution in [-0.4, -0.2) is 46.9 Å². The predicted molar refractivity (Wildman–Crippen MR) is 102 cm³/mol. The fraction of sp³-hybridized carbons (Fsp3) is 0.222. The Hall–Kier alpha value is -3.11. The molecule has 0 unspecified atom stereocenters. The molecule has 146 valence electrons. The average Bonchev–Trinajstić information content (AvgIpc) is 3.18. The molecule has 10 heteroatoms. The Kier molecular flexibility index (Phi) is 5.81. The number of nitrogens with one attached hydrogen (secondary N) is 1. The van der Waals surface area contributed by atoms with Crippen LogP contribution in [0.3, 0.4) is 0 Å². The summed E-state index contributed by atoms with van der Waals surface area (Å²) >= 11 is 0. The maximum atomic E-state index is 12.5. The van der Waals surface area contributed by atoms with Crippen molar-refractivity contribution in [1.82, 2.24) is 19.5 Å². The van der Waals surface area contributed by atoms with Gasteiger partial charge in [0.25, 0.3) is 11.8 Å². The molecule has 3 aromatic rings. The van der Waals surface area contributed by atoms with Gasteiger partial charge in [0, 0.05) is 24.8 Å². The topological polar surface area (TPSA) is 118 Å². The summed E-state index contributed by atoms with van der Waals surface area (Å²) in [5.74, 6) is -0.320. The lowest BCUT2D eigenvalue weighted by Crippen LogP contribution is -2.30. The lowest BCUT2D eigenvalue weighted by atomic mass is 10.2. The maximum Gasteiger partial charge on any atom is 0.322 e. The molecule has 0 bridgehead atoms. The van der Waals surface area contributed by atoms with Gasteiger partial charge in [0.2, 0.25) is 10.0 Å². The Bertz CT molecular complexity index is 1050. The average molecular weight is 401 g/mol. The third kappa shape index (κ3) is 4.07. The molecule has 28 heavy (non-hydrogen) atoms. The highest BCUT2D eigenvalue weighted by molar-refractivity contribution is 7.89. The molecule has 0 aliphatic heterocycles. The molecule has 0 aliphatic rings. The molecule has 1 N–H and O–H groups in total. The van der Waals surface area contributed by atoms with Gasteiger partial charge in [-0.05, 0) is 36.4 Å². The molecular weight excluding hydrogens is 382 g/mol. The minimum absolute atomic E-state index is 0.0782. The van der Waals surface area contributed by atoms with Crippen LogP contribution in [0.5, 0.6) is 0 Å². The van der Waals surface area contributed by atoms with Gasteiger partial charge in [0.15, 0.2) is 0 Å². The van der Waals surface area contributed by atoms with Crippen LogP contribution in [0.25, 0.3) is 11.6 Å². The Labute approximate surface area is 162 Å². The first-order valence-electron chi connectivity index (χ1n) is 8.62. The minimum atomic E-state index is -3.58. The summed E-state index contributed by atoms with van der Waals surface area (Å²) < 4.78 is 31.7. The summed E-state index contributed by atoms with van der Waals surface area (Å²) in [4.78, 5) is 16.6. The molecule has 2 aromatic heterocycles. The molecule has 0 saturated carbocycles. The first-order valence-corrected chi connectivity index (χ1v) is 10.1. The number of hydrogen-bond donors (Lipinski definition) is 1. The normalized spacial score (nSPS) is 11.5. The van der Waals surface area contributed by atoms with Crippen molar-refractivity contribution in [2.24, 2.45) is 0 Å². The second kappa shape index (κ2) is 8.28. The first-order chi connectivity index (χ1) is 13.5. The van der Waals surface area contributed by atoms with Crippen molar-refractivity contribution in [2.45, 2.75) is 18.7 Å². The molecule has 1 aromatic carbocycles. The Morgan fingerprint density at radius 3 is 2.39 bits per heavy atom.